The summed E-state index contributed by atoms with van der Waals surface area (Å²) >= 11 is 0. The monoisotopic (exact) mass is 389 g/mol. The number of para-hydroxylation sites is 1. The number of aryl methyl sites for hydroxylation is 1. The predicted octanol–water partition coefficient (Wildman–Crippen LogP) is 2.85. The molecule has 1 N–H and O–H groups in total. The molecule has 1 aliphatic heterocycles. The maximum atomic E-state index is 13.2. The van der Waals surface area contributed by atoms with Gasteiger partial charge in [-0.3, -0.25) is 4.79 Å². The highest BCUT2D eigenvalue weighted by molar-refractivity contribution is 5.79. The second kappa shape index (κ2) is 8.57. The highest BCUT2D eigenvalue weighted by Crippen LogP contribution is 2.24. The number of nitrogens with zero attached hydrogens (tertiary/aromatic N) is 4. The zero-order chi connectivity index (χ0) is 20.2. The summed E-state index contributed by atoms with van der Waals surface area (Å²) in [7, 11) is 0. The summed E-state index contributed by atoms with van der Waals surface area (Å²) in [6.45, 7) is 6.40. The summed E-state index contributed by atoms with van der Waals surface area (Å²) in [5.74, 6) is 0.0966. The molecule has 0 radical (unpaired) electrons. The number of rotatable bonds is 5. The number of nitrogens with one attached hydrogen (secondary N) is 1. The minimum Gasteiger partial charge on any atom is -0.333 e. The standard InChI is InChI=1S/C23H27N5O/c1-3-18-9-11-19(12-10-18)22-16-24-13-14-27(22)23(29)15-21-17(2)28(26-25-21)20-7-5-4-6-8-20/h4-12,22,24H,3,13-16H2,1-2H3. The Bertz CT molecular complexity index is 965. The smallest absolute Gasteiger partial charge is 0.229 e. The fourth-order valence-electron chi connectivity index (χ4n) is 3.86. The molecule has 1 amide bonds. The molecule has 1 aromatic heterocycles. The highest BCUT2D eigenvalue weighted by Gasteiger charge is 2.29. The first-order chi connectivity index (χ1) is 14.2. The Morgan fingerprint density at radius 1 is 1.14 bits per heavy atom. The van der Waals surface area contributed by atoms with Crippen molar-refractivity contribution in [1.82, 2.24) is 25.2 Å². The molecule has 6 nitrogen and oxygen atoms in total. The van der Waals surface area contributed by atoms with Crippen molar-refractivity contribution in [3.63, 3.8) is 0 Å². The van der Waals surface area contributed by atoms with E-state index in [0.717, 1.165) is 36.6 Å². The summed E-state index contributed by atoms with van der Waals surface area (Å²) in [4.78, 5) is 15.2. The summed E-state index contributed by atoms with van der Waals surface area (Å²) in [6.07, 6.45) is 1.28. The van der Waals surface area contributed by atoms with Gasteiger partial charge in [-0.25, -0.2) is 4.68 Å². The number of hydrogen-bond acceptors (Lipinski definition) is 4. The van der Waals surface area contributed by atoms with E-state index in [0.29, 0.717) is 6.54 Å². The van der Waals surface area contributed by atoms with E-state index in [1.54, 1.807) is 4.68 Å². The Hall–Kier alpha value is -2.99. The van der Waals surface area contributed by atoms with Gasteiger partial charge in [0.2, 0.25) is 5.91 Å². The third-order valence-electron chi connectivity index (χ3n) is 5.65. The normalized spacial score (nSPS) is 16.8. The van der Waals surface area contributed by atoms with Gasteiger partial charge in [-0.2, -0.15) is 0 Å². The Kier molecular flexibility index (Phi) is 5.71. The third kappa shape index (κ3) is 4.07. The average Bonchev–Trinajstić information content (AvgIpc) is 3.14. The molecule has 29 heavy (non-hydrogen) atoms. The fraction of sp³-hybridized carbons (Fsp3) is 0.348. The first-order valence-corrected chi connectivity index (χ1v) is 10.2. The minimum atomic E-state index is 0.0478. The van der Waals surface area contributed by atoms with E-state index >= 15 is 0 Å². The molecule has 6 heteroatoms. The van der Waals surface area contributed by atoms with Crippen LogP contribution in [-0.2, 0) is 17.6 Å². The van der Waals surface area contributed by atoms with Crippen LogP contribution >= 0.6 is 0 Å². The molecule has 1 fully saturated rings. The van der Waals surface area contributed by atoms with Crippen molar-refractivity contribution >= 4 is 5.91 Å². The number of aromatic nitrogens is 3. The van der Waals surface area contributed by atoms with Crippen LogP contribution in [0.4, 0.5) is 0 Å². The van der Waals surface area contributed by atoms with Crippen molar-refractivity contribution in [2.75, 3.05) is 19.6 Å². The van der Waals surface area contributed by atoms with E-state index in [9.17, 15) is 4.79 Å². The van der Waals surface area contributed by atoms with Crippen LogP contribution in [0.2, 0.25) is 0 Å². The van der Waals surface area contributed by atoms with E-state index in [1.807, 2.05) is 42.2 Å². The van der Waals surface area contributed by atoms with E-state index in [2.05, 4.69) is 46.8 Å². The highest BCUT2D eigenvalue weighted by atomic mass is 16.2. The average molecular weight is 390 g/mol. The fourth-order valence-corrected chi connectivity index (χ4v) is 3.86. The largest absolute Gasteiger partial charge is 0.333 e. The number of piperazine rings is 1. The van der Waals surface area contributed by atoms with E-state index in [1.165, 1.54) is 11.1 Å². The molecule has 150 valence electrons. The Morgan fingerprint density at radius 3 is 2.62 bits per heavy atom. The Balaban J connectivity index is 1.53. The van der Waals surface area contributed by atoms with Gasteiger partial charge in [0, 0.05) is 19.6 Å². The van der Waals surface area contributed by atoms with Gasteiger partial charge < -0.3 is 10.2 Å². The van der Waals surface area contributed by atoms with Crippen molar-refractivity contribution in [3.8, 4) is 5.69 Å². The van der Waals surface area contributed by atoms with Gasteiger partial charge in [0.1, 0.15) is 0 Å². The molecule has 0 spiro atoms. The maximum absolute atomic E-state index is 13.2. The summed E-state index contributed by atoms with van der Waals surface area (Å²) < 4.78 is 1.79. The van der Waals surface area contributed by atoms with Gasteiger partial charge in [0.05, 0.1) is 29.5 Å². The predicted molar refractivity (Wildman–Crippen MR) is 113 cm³/mol. The van der Waals surface area contributed by atoms with E-state index in [4.69, 9.17) is 0 Å². The number of hydrogen-bond donors (Lipinski definition) is 1. The lowest BCUT2D eigenvalue weighted by Crippen LogP contribution is -2.49. The molecular formula is C23H27N5O. The Morgan fingerprint density at radius 2 is 1.90 bits per heavy atom. The number of benzene rings is 2. The lowest BCUT2D eigenvalue weighted by Gasteiger charge is -2.36. The first kappa shape index (κ1) is 19.3. The molecule has 0 saturated carbocycles. The van der Waals surface area contributed by atoms with Crippen molar-refractivity contribution < 1.29 is 4.79 Å². The third-order valence-corrected chi connectivity index (χ3v) is 5.65. The Labute approximate surface area is 171 Å². The van der Waals surface area contributed by atoms with Gasteiger partial charge in [-0.05, 0) is 36.6 Å². The summed E-state index contributed by atoms with van der Waals surface area (Å²) in [6, 6.07) is 18.5. The zero-order valence-corrected chi connectivity index (χ0v) is 17.0. The van der Waals surface area contributed by atoms with Crippen LogP contribution in [0, 0.1) is 6.92 Å². The van der Waals surface area contributed by atoms with E-state index in [-0.39, 0.29) is 18.4 Å². The maximum Gasteiger partial charge on any atom is 0.229 e. The van der Waals surface area contributed by atoms with Crippen LogP contribution in [0.1, 0.15) is 35.5 Å². The molecule has 1 saturated heterocycles. The van der Waals surface area contributed by atoms with Gasteiger partial charge in [0.25, 0.3) is 0 Å². The van der Waals surface area contributed by atoms with Gasteiger partial charge in [-0.1, -0.05) is 54.6 Å². The van der Waals surface area contributed by atoms with Crippen molar-refractivity contribution in [2.24, 2.45) is 0 Å². The molecular weight excluding hydrogens is 362 g/mol. The van der Waals surface area contributed by atoms with Crippen LogP contribution < -0.4 is 5.32 Å². The molecule has 4 rings (SSSR count). The molecule has 0 bridgehead atoms. The molecule has 1 aliphatic rings. The lowest BCUT2D eigenvalue weighted by molar-refractivity contribution is -0.133. The second-order valence-electron chi connectivity index (χ2n) is 7.45. The van der Waals surface area contributed by atoms with Crippen LogP contribution in [0.3, 0.4) is 0 Å². The van der Waals surface area contributed by atoms with Crippen molar-refractivity contribution in [3.05, 3.63) is 77.1 Å². The number of carbonyl (C=O) groups is 1. The molecule has 2 heterocycles. The number of carbonyl (C=O) groups excluding carboxylic acids is 1. The SMILES string of the molecule is CCc1ccc(C2CNCCN2C(=O)Cc2nnn(-c3ccccc3)c2C)cc1. The quantitative estimate of drug-likeness (QED) is 0.729. The molecule has 0 aliphatic carbocycles. The van der Waals surface area contributed by atoms with Crippen LogP contribution in [-0.4, -0.2) is 45.4 Å². The zero-order valence-electron chi connectivity index (χ0n) is 17.0. The van der Waals surface area contributed by atoms with Crippen LogP contribution in [0.5, 0.6) is 0 Å². The summed E-state index contributed by atoms with van der Waals surface area (Å²) in [5.41, 5.74) is 5.07. The van der Waals surface area contributed by atoms with Crippen LogP contribution in [0.15, 0.2) is 54.6 Å². The second-order valence-corrected chi connectivity index (χ2v) is 7.45. The first-order valence-electron chi connectivity index (χ1n) is 10.2. The lowest BCUT2D eigenvalue weighted by atomic mass is 10.0. The van der Waals surface area contributed by atoms with E-state index < -0.39 is 0 Å². The number of amides is 1. The van der Waals surface area contributed by atoms with Gasteiger partial charge in [0.15, 0.2) is 0 Å². The molecule has 3 aromatic rings. The molecule has 1 atom stereocenters. The van der Waals surface area contributed by atoms with Crippen molar-refractivity contribution in [2.45, 2.75) is 32.7 Å². The topological polar surface area (TPSA) is 63.1 Å². The molecule has 2 aromatic carbocycles. The minimum absolute atomic E-state index is 0.0478. The van der Waals surface area contributed by atoms with Crippen LogP contribution in [0.25, 0.3) is 5.69 Å². The van der Waals surface area contributed by atoms with Gasteiger partial charge >= 0.3 is 0 Å². The summed E-state index contributed by atoms with van der Waals surface area (Å²) in [5, 5.41) is 12.0. The molecule has 1 unspecified atom stereocenters. The van der Waals surface area contributed by atoms with Crippen molar-refractivity contribution in [1.29, 1.82) is 0 Å². The van der Waals surface area contributed by atoms with Gasteiger partial charge in [-0.15, -0.1) is 5.10 Å².